The molecule has 1 aromatic rings. The second-order valence-corrected chi connectivity index (χ2v) is 6.56. The van der Waals surface area contributed by atoms with E-state index in [2.05, 4.69) is 0 Å². The summed E-state index contributed by atoms with van der Waals surface area (Å²) in [5.41, 5.74) is -0.704. The number of hydrogen-bond donors (Lipinski definition) is 1. The average Bonchev–Trinajstić information content (AvgIpc) is 2.35. The van der Waals surface area contributed by atoms with Crippen LogP contribution >= 0.6 is 0 Å². The average molecular weight is 286 g/mol. The Morgan fingerprint density at radius 1 is 1.20 bits per heavy atom. The molecule has 1 saturated carbocycles. The second-order valence-electron chi connectivity index (χ2n) is 6.56. The molecule has 0 bridgehead atoms. The first-order valence-corrected chi connectivity index (χ1v) is 7.02. The lowest BCUT2D eigenvalue weighted by Gasteiger charge is -2.53. The third-order valence-electron chi connectivity index (χ3n) is 5.24. The summed E-state index contributed by atoms with van der Waals surface area (Å²) in [6, 6.07) is 2.08. The van der Waals surface area contributed by atoms with Crippen LogP contribution in [0, 0.1) is 28.8 Å². The Labute approximate surface area is 117 Å². The molecule has 0 amide bonds. The summed E-state index contributed by atoms with van der Waals surface area (Å²) >= 11 is 0. The molecule has 1 fully saturated rings. The maximum Gasteiger partial charge on any atom is 0.194 e. The van der Waals surface area contributed by atoms with Gasteiger partial charge < -0.3 is 5.11 Å². The Morgan fingerprint density at radius 3 is 2.20 bits per heavy atom. The van der Waals surface area contributed by atoms with Gasteiger partial charge in [0.2, 0.25) is 0 Å². The number of benzene rings is 1. The number of rotatable bonds is 2. The molecule has 112 valence electrons. The maximum atomic E-state index is 13.6. The smallest absolute Gasteiger partial charge is 0.194 e. The van der Waals surface area contributed by atoms with Crippen LogP contribution in [0.1, 0.15) is 45.6 Å². The zero-order chi connectivity index (χ0) is 15.1. The van der Waals surface area contributed by atoms with Gasteiger partial charge in [0.05, 0.1) is 6.61 Å². The fourth-order valence-corrected chi connectivity index (χ4v) is 3.94. The lowest BCUT2D eigenvalue weighted by Crippen LogP contribution is -2.52. The first kappa shape index (κ1) is 15.4. The molecule has 1 N–H and O–H groups in total. The third-order valence-corrected chi connectivity index (χ3v) is 5.24. The summed E-state index contributed by atoms with van der Waals surface area (Å²) in [7, 11) is 0. The van der Waals surface area contributed by atoms with Crippen LogP contribution in [0.15, 0.2) is 12.1 Å². The van der Waals surface area contributed by atoms with E-state index in [1.54, 1.807) is 0 Å². The molecular weight excluding hydrogens is 265 g/mol. The Kier molecular flexibility index (Phi) is 3.89. The Hall–Kier alpha value is -1.03. The number of aliphatic hydroxyl groups is 1. The van der Waals surface area contributed by atoms with Crippen LogP contribution in [0.5, 0.6) is 0 Å². The lowest BCUT2D eigenvalue weighted by molar-refractivity contribution is -0.00767. The van der Waals surface area contributed by atoms with Crippen molar-refractivity contribution < 1.29 is 18.3 Å². The van der Waals surface area contributed by atoms with Crippen molar-refractivity contribution in [3.8, 4) is 0 Å². The second kappa shape index (κ2) is 5.06. The van der Waals surface area contributed by atoms with Crippen molar-refractivity contribution in [2.24, 2.45) is 11.3 Å². The van der Waals surface area contributed by atoms with Gasteiger partial charge in [-0.3, -0.25) is 0 Å². The van der Waals surface area contributed by atoms with Crippen LogP contribution in [0.3, 0.4) is 0 Å². The van der Waals surface area contributed by atoms with Gasteiger partial charge in [-0.15, -0.1) is 0 Å². The van der Waals surface area contributed by atoms with Gasteiger partial charge in [0.15, 0.2) is 17.5 Å². The van der Waals surface area contributed by atoms with E-state index < -0.39 is 22.9 Å². The summed E-state index contributed by atoms with van der Waals surface area (Å²) in [5.74, 6) is -3.77. The molecule has 1 nitrogen and oxygen atoms in total. The SMILES string of the molecule is C[C@H]1CCCC(C)(C)[C@]1(CO)c1cc(F)c(F)c(F)c1. The summed E-state index contributed by atoms with van der Waals surface area (Å²) in [6.45, 7) is 5.78. The van der Waals surface area contributed by atoms with E-state index in [4.69, 9.17) is 0 Å². The molecule has 1 aliphatic carbocycles. The van der Waals surface area contributed by atoms with Crippen molar-refractivity contribution in [3.05, 3.63) is 35.1 Å². The fourth-order valence-electron chi connectivity index (χ4n) is 3.94. The van der Waals surface area contributed by atoms with Gasteiger partial charge >= 0.3 is 0 Å². The Bertz CT molecular complexity index is 489. The lowest BCUT2D eigenvalue weighted by atomic mass is 9.51. The van der Waals surface area contributed by atoms with Crippen molar-refractivity contribution >= 4 is 0 Å². The van der Waals surface area contributed by atoms with E-state index in [9.17, 15) is 18.3 Å². The zero-order valence-corrected chi connectivity index (χ0v) is 12.1. The highest BCUT2D eigenvalue weighted by atomic mass is 19.2. The first-order valence-electron chi connectivity index (χ1n) is 7.02. The van der Waals surface area contributed by atoms with Gasteiger partial charge in [-0.25, -0.2) is 13.2 Å². The Balaban J connectivity index is 2.66. The van der Waals surface area contributed by atoms with Crippen LogP contribution < -0.4 is 0 Å². The van der Waals surface area contributed by atoms with Gasteiger partial charge in [0.25, 0.3) is 0 Å². The minimum atomic E-state index is -1.46. The monoisotopic (exact) mass is 286 g/mol. The molecule has 20 heavy (non-hydrogen) atoms. The van der Waals surface area contributed by atoms with Gasteiger partial charge in [-0.05, 0) is 41.9 Å². The van der Waals surface area contributed by atoms with Crippen LogP contribution in [0.4, 0.5) is 13.2 Å². The molecule has 0 aliphatic heterocycles. The molecule has 4 heteroatoms. The highest BCUT2D eigenvalue weighted by molar-refractivity contribution is 5.32. The van der Waals surface area contributed by atoms with E-state index in [1.165, 1.54) is 0 Å². The molecule has 0 unspecified atom stereocenters. The quantitative estimate of drug-likeness (QED) is 0.809. The summed E-state index contributed by atoms with van der Waals surface area (Å²) < 4.78 is 40.4. The van der Waals surface area contributed by atoms with Crippen molar-refractivity contribution in [3.63, 3.8) is 0 Å². The molecule has 0 saturated heterocycles. The molecule has 0 radical (unpaired) electrons. The summed E-state index contributed by atoms with van der Waals surface area (Å²) in [5, 5.41) is 10.0. The van der Waals surface area contributed by atoms with E-state index in [1.807, 2.05) is 20.8 Å². The maximum absolute atomic E-state index is 13.6. The zero-order valence-electron chi connectivity index (χ0n) is 12.1. The van der Waals surface area contributed by atoms with E-state index in [0.29, 0.717) is 5.56 Å². The highest BCUT2D eigenvalue weighted by Crippen LogP contribution is 2.54. The van der Waals surface area contributed by atoms with Gasteiger partial charge in [-0.2, -0.15) is 0 Å². The van der Waals surface area contributed by atoms with Gasteiger partial charge in [0, 0.05) is 5.41 Å². The predicted molar refractivity (Wildman–Crippen MR) is 71.9 cm³/mol. The Morgan fingerprint density at radius 2 is 1.75 bits per heavy atom. The highest BCUT2D eigenvalue weighted by Gasteiger charge is 2.52. The van der Waals surface area contributed by atoms with Crippen molar-refractivity contribution in [2.45, 2.75) is 45.4 Å². The van der Waals surface area contributed by atoms with Gasteiger partial charge in [-0.1, -0.05) is 27.2 Å². The van der Waals surface area contributed by atoms with Gasteiger partial charge in [0.1, 0.15) is 0 Å². The number of halogens is 3. The molecule has 0 aromatic heterocycles. The van der Waals surface area contributed by atoms with E-state index in [-0.39, 0.29) is 17.9 Å². The molecule has 1 aliphatic rings. The minimum Gasteiger partial charge on any atom is -0.395 e. The third kappa shape index (κ3) is 2.05. The number of hydrogen-bond acceptors (Lipinski definition) is 1. The van der Waals surface area contributed by atoms with Crippen LogP contribution in [-0.2, 0) is 5.41 Å². The molecule has 0 spiro atoms. The molecule has 0 heterocycles. The van der Waals surface area contributed by atoms with Crippen LogP contribution in [-0.4, -0.2) is 11.7 Å². The standard InChI is InChI=1S/C16H21F3O/c1-10-5-4-6-15(2,3)16(10,9-20)11-7-12(17)14(19)13(18)8-11/h7-8,10,20H,4-6,9H2,1-3H3/t10-,16-/m0/s1. The van der Waals surface area contributed by atoms with Crippen LogP contribution in [0.25, 0.3) is 0 Å². The van der Waals surface area contributed by atoms with Crippen LogP contribution in [0.2, 0.25) is 0 Å². The van der Waals surface area contributed by atoms with Crippen molar-refractivity contribution in [1.29, 1.82) is 0 Å². The van der Waals surface area contributed by atoms with Crippen molar-refractivity contribution in [1.82, 2.24) is 0 Å². The molecule has 1 aromatic carbocycles. The molecular formula is C16H21F3O. The molecule has 2 atom stereocenters. The summed E-state index contributed by atoms with van der Waals surface area (Å²) in [4.78, 5) is 0. The fraction of sp³-hybridized carbons (Fsp3) is 0.625. The number of aliphatic hydroxyl groups excluding tert-OH is 1. The van der Waals surface area contributed by atoms with E-state index in [0.717, 1.165) is 31.4 Å². The topological polar surface area (TPSA) is 20.2 Å². The van der Waals surface area contributed by atoms with E-state index >= 15 is 0 Å². The first-order chi connectivity index (χ1) is 9.26. The van der Waals surface area contributed by atoms with Crippen molar-refractivity contribution in [2.75, 3.05) is 6.61 Å². The largest absolute Gasteiger partial charge is 0.395 e. The minimum absolute atomic E-state index is 0.0699. The predicted octanol–water partition coefficient (Wildman–Crippen LogP) is 4.18. The normalized spacial score (nSPS) is 29.4. The molecule has 2 rings (SSSR count). The summed E-state index contributed by atoms with van der Waals surface area (Å²) in [6.07, 6.45) is 2.76.